The standard InChI is InChI=1S/C16H35N3O2S/c1-5-17-16(19-13-10-14-22(4,20)21)18-12-9-7-6-8-11-15(2)3/h15H,5-14H2,1-4H3,(H2,17,18,19). The minimum Gasteiger partial charge on any atom is -0.357 e. The van der Waals surface area contributed by atoms with Gasteiger partial charge in [-0.3, -0.25) is 4.99 Å². The lowest BCUT2D eigenvalue weighted by atomic mass is 10.0. The molecule has 0 aliphatic rings. The van der Waals surface area contributed by atoms with Crippen LogP contribution in [0.2, 0.25) is 0 Å². The average molecular weight is 334 g/mol. The molecule has 0 aromatic heterocycles. The zero-order valence-corrected chi connectivity index (χ0v) is 15.6. The van der Waals surface area contributed by atoms with Crippen LogP contribution in [0.1, 0.15) is 59.3 Å². The average Bonchev–Trinajstić information content (AvgIpc) is 2.40. The molecule has 0 saturated heterocycles. The summed E-state index contributed by atoms with van der Waals surface area (Å²) in [7, 11) is -2.88. The molecule has 6 heteroatoms. The van der Waals surface area contributed by atoms with Gasteiger partial charge in [0.1, 0.15) is 9.84 Å². The Morgan fingerprint density at radius 1 is 1.05 bits per heavy atom. The van der Waals surface area contributed by atoms with Crippen molar-refractivity contribution >= 4 is 15.8 Å². The third-order valence-electron chi connectivity index (χ3n) is 3.29. The van der Waals surface area contributed by atoms with E-state index in [-0.39, 0.29) is 5.75 Å². The van der Waals surface area contributed by atoms with Crippen molar-refractivity contribution in [3.63, 3.8) is 0 Å². The van der Waals surface area contributed by atoms with Gasteiger partial charge < -0.3 is 10.6 Å². The predicted molar refractivity (Wildman–Crippen MR) is 96.2 cm³/mol. The van der Waals surface area contributed by atoms with Crippen LogP contribution in [0.25, 0.3) is 0 Å². The molecule has 0 aromatic rings. The fourth-order valence-corrected chi connectivity index (χ4v) is 2.75. The maximum absolute atomic E-state index is 11.1. The van der Waals surface area contributed by atoms with Gasteiger partial charge in [-0.15, -0.1) is 0 Å². The second-order valence-corrected chi connectivity index (χ2v) is 8.53. The second kappa shape index (κ2) is 12.7. The molecule has 0 fully saturated rings. The van der Waals surface area contributed by atoms with Gasteiger partial charge in [0, 0.05) is 25.9 Å². The van der Waals surface area contributed by atoms with Crippen LogP contribution in [0.3, 0.4) is 0 Å². The summed E-state index contributed by atoms with van der Waals surface area (Å²) in [5, 5.41) is 6.49. The SMILES string of the molecule is CCNC(=NCCCS(C)(=O)=O)NCCCCCCC(C)C. The number of nitrogens with one attached hydrogen (secondary N) is 2. The third kappa shape index (κ3) is 15.6. The fraction of sp³-hybridized carbons (Fsp3) is 0.938. The van der Waals surface area contributed by atoms with E-state index in [1.807, 2.05) is 6.92 Å². The van der Waals surface area contributed by atoms with Gasteiger partial charge in [-0.05, 0) is 25.7 Å². The van der Waals surface area contributed by atoms with Crippen LogP contribution in [0.4, 0.5) is 0 Å². The highest BCUT2D eigenvalue weighted by atomic mass is 32.2. The first kappa shape index (κ1) is 21.2. The highest BCUT2D eigenvalue weighted by molar-refractivity contribution is 7.90. The van der Waals surface area contributed by atoms with Crippen molar-refractivity contribution in [1.29, 1.82) is 0 Å². The number of aliphatic imine (C=N–C) groups is 1. The van der Waals surface area contributed by atoms with Gasteiger partial charge in [0.05, 0.1) is 5.75 Å². The maximum Gasteiger partial charge on any atom is 0.191 e. The Balaban J connectivity index is 3.79. The molecule has 0 aliphatic heterocycles. The summed E-state index contributed by atoms with van der Waals surface area (Å²) in [6, 6.07) is 0. The summed E-state index contributed by atoms with van der Waals surface area (Å²) in [4.78, 5) is 4.40. The largest absolute Gasteiger partial charge is 0.357 e. The molecule has 0 radical (unpaired) electrons. The molecular formula is C16H35N3O2S. The van der Waals surface area contributed by atoms with E-state index in [4.69, 9.17) is 0 Å². The number of guanidine groups is 1. The van der Waals surface area contributed by atoms with Crippen molar-refractivity contribution < 1.29 is 8.42 Å². The van der Waals surface area contributed by atoms with Crippen molar-refractivity contribution in [3.05, 3.63) is 0 Å². The maximum atomic E-state index is 11.1. The summed E-state index contributed by atoms with van der Waals surface area (Å²) in [6.45, 7) is 8.83. The van der Waals surface area contributed by atoms with E-state index in [1.54, 1.807) is 0 Å². The van der Waals surface area contributed by atoms with Crippen molar-refractivity contribution in [2.45, 2.75) is 59.3 Å². The molecule has 0 rings (SSSR count). The monoisotopic (exact) mass is 333 g/mol. The number of hydrogen-bond donors (Lipinski definition) is 2. The molecule has 0 saturated carbocycles. The Hall–Kier alpha value is -0.780. The van der Waals surface area contributed by atoms with Gasteiger partial charge in [-0.2, -0.15) is 0 Å². The molecule has 0 unspecified atom stereocenters. The van der Waals surface area contributed by atoms with Crippen LogP contribution in [-0.2, 0) is 9.84 Å². The highest BCUT2D eigenvalue weighted by Gasteiger charge is 2.01. The molecule has 0 aromatic carbocycles. The Morgan fingerprint density at radius 2 is 1.73 bits per heavy atom. The summed E-state index contributed by atoms with van der Waals surface area (Å²) >= 11 is 0. The Labute approximate surface area is 137 Å². The minimum atomic E-state index is -2.88. The first-order chi connectivity index (χ1) is 10.3. The van der Waals surface area contributed by atoms with Gasteiger partial charge in [0.25, 0.3) is 0 Å². The lowest BCUT2D eigenvalue weighted by molar-refractivity contribution is 0.518. The van der Waals surface area contributed by atoms with Gasteiger partial charge in [0.15, 0.2) is 5.96 Å². The highest BCUT2D eigenvalue weighted by Crippen LogP contribution is 2.08. The van der Waals surface area contributed by atoms with Crippen LogP contribution in [0, 0.1) is 5.92 Å². The molecule has 132 valence electrons. The molecule has 22 heavy (non-hydrogen) atoms. The van der Waals surface area contributed by atoms with Crippen LogP contribution in [0.15, 0.2) is 4.99 Å². The molecule has 0 heterocycles. The molecule has 2 N–H and O–H groups in total. The second-order valence-electron chi connectivity index (χ2n) is 6.27. The minimum absolute atomic E-state index is 0.200. The third-order valence-corrected chi connectivity index (χ3v) is 4.32. The quantitative estimate of drug-likeness (QED) is 0.327. The van der Waals surface area contributed by atoms with Crippen molar-refractivity contribution in [2.75, 3.05) is 31.6 Å². The number of hydrogen-bond acceptors (Lipinski definition) is 3. The number of nitrogens with zero attached hydrogens (tertiary/aromatic N) is 1. The van der Waals surface area contributed by atoms with Crippen LogP contribution in [-0.4, -0.2) is 46.0 Å². The van der Waals surface area contributed by atoms with E-state index in [0.29, 0.717) is 13.0 Å². The zero-order valence-electron chi connectivity index (χ0n) is 14.8. The van der Waals surface area contributed by atoms with Crippen molar-refractivity contribution in [2.24, 2.45) is 10.9 Å². The van der Waals surface area contributed by atoms with Crippen molar-refractivity contribution in [3.8, 4) is 0 Å². The fourth-order valence-electron chi connectivity index (χ4n) is 2.10. The summed E-state index contributed by atoms with van der Waals surface area (Å²) in [5.74, 6) is 1.79. The Kier molecular flexibility index (Phi) is 12.3. The molecular weight excluding hydrogens is 298 g/mol. The van der Waals surface area contributed by atoms with E-state index in [9.17, 15) is 8.42 Å². The molecule has 0 atom stereocenters. The smallest absolute Gasteiger partial charge is 0.191 e. The van der Waals surface area contributed by atoms with Crippen LogP contribution >= 0.6 is 0 Å². The number of sulfone groups is 1. The van der Waals surface area contributed by atoms with Crippen LogP contribution < -0.4 is 10.6 Å². The van der Waals surface area contributed by atoms with E-state index in [2.05, 4.69) is 29.5 Å². The van der Waals surface area contributed by atoms with Gasteiger partial charge in [-0.1, -0.05) is 39.5 Å². The van der Waals surface area contributed by atoms with Crippen molar-refractivity contribution in [1.82, 2.24) is 10.6 Å². The van der Waals surface area contributed by atoms with E-state index >= 15 is 0 Å². The van der Waals surface area contributed by atoms with E-state index < -0.39 is 9.84 Å². The Bertz CT molecular complexity index is 392. The number of rotatable bonds is 12. The topological polar surface area (TPSA) is 70.6 Å². The summed E-state index contributed by atoms with van der Waals surface area (Å²) < 4.78 is 22.1. The Morgan fingerprint density at radius 3 is 2.32 bits per heavy atom. The molecule has 5 nitrogen and oxygen atoms in total. The summed E-state index contributed by atoms with van der Waals surface area (Å²) in [5.41, 5.74) is 0. The normalized spacial score (nSPS) is 12.7. The number of unbranched alkanes of at least 4 members (excludes halogenated alkanes) is 3. The lowest BCUT2D eigenvalue weighted by Gasteiger charge is -2.11. The first-order valence-electron chi connectivity index (χ1n) is 8.55. The van der Waals surface area contributed by atoms with E-state index in [1.165, 1.54) is 31.9 Å². The molecule has 0 amide bonds. The molecule has 0 bridgehead atoms. The van der Waals surface area contributed by atoms with Gasteiger partial charge >= 0.3 is 0 Å². The lowest BCUT2D eigenvalue weighted by Crippen LogP contribution is -2.37. The van der Waals surface area contributed by atoms with Crippen LogP contribution in [0.5, 0.6) is 0 Å². The van der Waals surface area contributed by atoms with E-state index in [0.717, 1.165) is 31.4 Å². The molecule has 0 spiro atoms. The van der Waals surface area contributed by atoms with Gasteiger partial charge in [-0.25, -0.2) is 8.42 Å². The first-order valence-corrected chi connectivity index (χ1v) is 10.6. The summed E-state index contributed by atoms with van der Waals surface area (Å²) in [6.07, 6.45) is 8.15. The molecule has 0 aliphatic carbocycles. The predicted octanol–water partition coefficient (Wildman–Crippen LogP) is 2.58. The zero-order chi connectivity index (χ0) is 16.8. The van der Waals surface area contributed by atoms with Gasteiger partial charge in [0.2, 0.25) is 0 Å².